The van der Waals surface area contributed by atoms with Crippen LogP contribution < -0.4 is 14.2 Å². The van der Waals surface area contributed by atoms with E-state index in [9.17, 15) is 22.4 Å². The van der Waals surface area contributed by atoms with Gasteiger partial charge in [0.05, 0.1) is 0 Å². The molecule has 1 aliphatic heterocycles. The molecule has 28 heavy (non-hydrogen) atoms. The van der Waals surface area contributed by atoms with Crippen molar-refractivity contribution < 1.29 is 36.6 Å². The fourth-order valence-electron chi connectivity index (χ4n) is 2.39. The van der Waals surface area contributed by atoms with Crippen LogP contribution in [0.25, 0.3) is 0 Å². The first-order valence-electron chi connectivity index (χ1n) is 8.19. The van der Waals surface area contributed by atoms with E-state index in [0.29, 0.717) is 24.7 Å². The SMILES string of the molecule is O=C(CNS(=O)(=O)c1ccccc1F)OCC(=O)c1ccc2c(c1)OCCO2. The zero-order valence-electron chi connectivity index (χ0n) is 14.5. The third kappa shape index (κ3) is 4.65. The molecule has 2 aromatic rings. The summed E-state index contributed by atoms with van der Waals surface area (Å²) in [4.78, 5) is 23.3. The monoisotopic (exact) mass is 409 g/mol. The summed E-state index contributed by atoms with van der Waals surface area (Å²) < 4.78 is 55.0. The van der Waals surface area contributed by atoms with E-state index in [2.05, 4.69) is 0 Å². The van der Waals surface area contributed by atoms with Crippen LogP contribution in [-0.2, 0) is 19.6 Å². The summed E-state index contributed by atoms with van der Waals surface area (Å²) in [5, 5.41) is 0. The van der Waals surface area contributed by atoms with Crippen LogP contribution in [0.4, 0.5) is 4.39 Å². The van der Waals surface area contributed by atoms with Crippen molar-refractivity contribution in [3.05, 3.63) is 53.8 Å². The maximum absolute atomic E-state index is 13.6. The van der Waals surface area contributed by atoms with Crippen molar-refractivity contribution >= 4 is 21.8 Å². The van der Waals surface area contributed by atoms with Gasteiger partial charge in [0, 0.05) is 5.56 Å². The first-order chi connectivity index (χ1) is 13.4. The summed E-state index contributed by atoms with van der Waals surface area (Å²) in [5.41, 5.74) is 0.254. The van der Waals surface area contributed by atoms with Crippen LogP contribution in [0, 0.1) is 5.82 Å². The summed E-state index contributed by atoms with van der Waals surface area (Å²) in [6, 6.07) is 9.30. The molecule has 0 bridgehead atoms. The minimum absolute atomic E-state index is 0.254. The van der Waals surface area contributed by atoms with Gasteiger partial charge in [-0.05, 0) is 30.3 Å². The first-order valence-corrected chi connectivity index (χ1v) is 9.68. The van der Waals surface area contributed by atoms with Gasteiger partial charge in [-0.1, -0.05) is 12.1 Å². The van der Waals surface area contributed by atoms with E-state index in [1.54, 1.807) is 6.07 Å². The van der Waals surface area contributed by atoms with Gasteiger partial charge in [0.25, 0.3) is 0 Å². The zero-order chi connectivity index (χ0) is 20.1. The van der Waals surface area contributed by atoms with Crippen LogP contribution >= 0.6 is 0 Å². The summed E-state index contributed by atoms with van der Waals surface area (Å²) >= 11 is 0. The average Bonchev–Trinajstić information content (AvgIpc) is 2.70. The number of benzene rings is 2. The number of carbonyl (C=O) groups excluding carboxylic acids is 2. The lowest BCUT2D eigenvalue weighted by Gasteiger charge is -2.18. The van der Waals surface area contributed by atoms with E-state index in [1.807, 2.05) is 4.72 Å². The fourth-order valence-corrected chi connectivity index (χ4v) is 3.44. The van der Waals surface area contributed by atoms with Gasteiger partial charge < -0.3 is 14.2 Å². The van der Waals surface area contributed by atoms with E-state index in [0.717, 1.165) is 12.1 Å². The Kier molecular flexibility index (Phi) is 5.90. The Morgan fingerprint density at radius 3 is 2.54 bits per heavy atom. The minimum Gasteiger partial charge on any atom is -0.486 e. The number of carbonyl (C=O) groups is 2. The molecule has 0 unspecified atom stereocenters. The Morgan fingerprint density at radius 2 is 1.79 bits per heavy atom. The van der Waals surface area contributed by atoms with Crippen LogP contribution in [0.3, 0.4) is 0 Å². The summed E-state index contributed by atoms with van der Waals surface area (Å²) in [6.45, 7) is -0.548. The van der Waals surface area contributed by atoms with Crippen molar-refractivity contribution in [3.8, 4) is 11.5 Å². The lowest BCUT2D eigenvalue weighted by Crippen LogP contribution is -2.32. The minimum atomic E-state index is -4.23. The highest BCUT2D eigenvalue weighted by Crippen LogP contribution is 2.30. The maximum Gasteiger partial charge on any atom is 0.321 e. The molecule has 0 atom stereocenters. The van der Waals surface area contributed by atoms with Gasteiger partial charge in [0.15, 0.2) is 23.9 Å². The smallest absolute Gasteiger partial charge is 0.321 e. The number of rotatable bonds is 7. The Balaban J connectivity index is 1.53. The topological polar surface area (TPSA) is 108 Å². The van der Waals surface area contributed by atoms with Crippen molar-refractivity contribution in [1.82, 2.24) is 4.72 Å². The number of fused-ring (bicyclic) bond motifs is 1. The van der Waals surface area contributed by atoms with Gasteiger partial charge in [-0.25, -0.2) is 12.8 Å². The van der Waals surface area contributed by atoms with Crippen LogP contribution in [0.2, 0.25) is 0 Å². The Hall–Kier alpha value is -2.98. The second-order valence-corrected chi connectivity index (χ2v) is 7.43. The molecule has 1 N–H and O–H groups in total. The normalized spacial score (nSPS) is 13.0. The van der Waals surface area contributed by atoms with E-state index < -0.39 is 45.6 Å². The molecule has 0 amide bonds. The van der Waals surface area contributed by atoms with Crippen LogP contribution in [-0.4, -0.2) is 46.5 Å². The lowest BCUT2D eigenvalue weighted by molar-refractivity contribution is -0.141. The van der Waals surface area contributed by atoms with Gasteiger partial charge in [0.2, 0.25) is 10.0 Å². The van der Waals surface area contributed by atoms with Crippen molar-refractivity contribution in [1.29, 1.82) is 0 Å². The van der Waals surface area contributed by atoms with Gasteiger partial charge in [-0.3, -0.25) is 9.59 Å². The fraction of sp³-hybridized carbons (Fsp3) is 0.222. The molecule has 1 aliphatic rings. The molecule has 0 spiro atoms. The van der Waals surface area contributed by atoms with Gasteiger partial charge in [-0.15, -0.1) is 0 Å². The Bertz CT molecular complexity index is 1010. The Labute approximate surface area is 160 Å². The predicted molar refractivity (Wildman–Crippen MR) is 94.3 cm³/mol. The molecule has 1 heterocycles. The van der Waals surface area contributed by atoms with Crippen LogP contribution in [0.15, 0.2) is 47.4 Å². The maximum atomic E-state index is 13.6. The number of ether oxygens (including phenoxy) is 3. The molecule has 0 radical (unpaired) electrons. The molecule has 0 saturated carbocycles. The number of hydrogen-bond acceptors (Lipinski definition) is 7. The molecule has 0 saturated heterocycles. The predicted octanol–water partition coefficient (Wildman–Crippen LogP) is 1.30. The van der Waals surface area contributed by atoms with Crippen molar-refractivity contribution in [2.45, 2.75) is 4.90 Å². The highest BCUT2D eigenvalue weighted by atomic mass is 32.2. The summed E-state index contributed by atoms with van der Waals surface area (Å²) in [5.74, 6) is -1.49. The van der Waals surface area contributed by atoms with Crippen LogP contribution in [0.1, 0.15) is 10.4 Å². The summed E-state index contributed by atoms with van der Waals surface area (Å²) in [7, 11) is -4.23. The second-order valence-electron chi connectivity index (χ2n) is 5.70. The molecule has 148 valence electrons. The van der Waals surface area contributed by atoms with E-state index in [1.165, 1.54) is 24.3 Å². The number of esters is 1. The summed E-state index contributed by atoms with van der Waals surface area (Å²) in [6.07, 6.45) is 0. The number of nitrogens with one attached hydrogen (secondary N) is 1. The van der Waals surface area contributed by atoms with Crippen molar-refractivity contribution in [3.63, 3.8) is 0 Å². The number of halogens is 1. The number of ketones is 1. The van der Waals surface area contributed by atoms with Gasteiger partial charge in [-0.2, -0.15) is 4.72 Å². The lowest BCUT2D eigenvalue weighted by atomic mass is 10.1. The van der Waals surface area contributed by atoms with E-state index in [4.69, 9.17) is 14.2 Å². The first kappa shape index (κ1) is 19.8. The molecule has 10 heteroatoms. The average molecular weight is 409 g/mol. The molecule has 0 aliphatic carbocycles. The molecular weight excluding hydrogens is 393 g/mol. The highest BCUT2D eigenvalue weighted by molar-refractivity contribution is 7.89. The second kappa shape index (κ2) is 8.36. The zero-order valence-corrected chi connectivity index (χ0v) is 15.3. The van der Waals surface area contributed by atoms with E-state index in [-0.39, 0.29) is 5.56 Å². The quantitative estimate of drug-likeness (QED) is 0.542. The largest absolute Gasteiger partial charge is 0.486 e. The molecule has 0 aromatic heterocycles. The molecular formula is C18H16FNO7S. The number of hydrogen-bond donors (Lipinski definition) is 1. The Morgan fingerprint density at radius 1 is 1.07 bits per heavy atom. The number of Topliss-reactive ketones (excluding diaryl/α,β-unsaturated/α-hetero) is 1. The van der Waals surface area contributed by atoms with Gasteiger partial charge >= 0.3 is 5.97 Å². The standard InChI is InChI=1S/C18H16FNO7S/c19-13-3-1-2-4-17(13)28(23,24)20-10-18(22)27-11-14(21)12-5-6-15-16(9-12)26-8-7-25-15/h1-6,9,20H,7-8,10-11H2. The highest BCUT2D eigenvalue weighted by Gasteiger charge is 2.21. The molecule has 0 fully saturated rings. The third-order valence-electron chi connectivity index (χ3n) is 3.76. The van der Waals surface area contributed by atoms with Crippen LogP contribution in [0.5, 0.6) is 11.5 Å². The number of sulfonamides is 1. The van der Waals surface area contributed by atoms with Crippen molar-refractivity contribution in [2.75, 3.05) is 26.4 Å². The third-order valence-corrected chi connectivity index (χ3v) is 5.20. The van der Waals surface area contributed by atoms with E-state index >= 15 is 0 Å². The molecule has 8 nitrogen and oxygen atoms in total. The van der Waals surface area contributed by atoms with Crippen molar-refractivity contribution in [2.24, 2.45) is 0 Å². The molecule has 2 aromatic carbocycles. The molecule has 3 rings (SSSR count). The van der Waals surface area contributed by atoms with Gasteiger partial charge in [0.1, 0.15) is 30.5 Å².